The molecule has 76 valence electrons. The Morgan fingerprint density at radius 3 is 2.79 bits per heavy atom. The van der Waals surface area contributed by atoms with Gasteiger partial charge in [-0.3, -0.25) is 0 Å². The highest BCUT2D eigenvalue weighted by molar-refractivity contribution is 9.10. The van der Waals surface area contributed by atoms with Crippen LogP contribution in [0.1, 0.15) is 30.9 Å². The minimum atomic E-state index is -0.0367. The topological polar surface area (TPSA) is 26.0 Å². The Morgan fingerprint density at radius 2 is 2.29 bits per heavy atom. The van der Waals surface area contributed by atoms with E-state index in [2.05, 4.69) is 48.0 Å². The summed E-state index contributed by atoms with van der Waals surface area (Å²) in [5.74, 6) is 0.678. The van der Waals surface area contributed by atoms with E-state index in [1.165, 1.54) is 22.0 Å². The van der Waals surface area contributed by atoms with E-state index in [1.807, 2.05) is 0 Å². The Morgan fingerprint density at radius 1 is 1.57 bits per heavy atom. The van der Waals surface area contributed by atoms with E-state index >= 15 is 0 Å². The molecule has 0 heterocycles. The third-order valence-corrected chi connectivity index (χ3v) is 4.21. The molecule has 0 aliphatic heterocycles. The standard InChI is InChI=1S/C12H16BrN/c1-3-9-7-12(9,14)10-5-4-8(2)11(13)6-10/h4-6,9H,3,7,14H2,1-2H3. The monoisotopic (exact) mass is 253 g/mol. The SMILES string of the molecule is CCC1CC1(N)c1ccc(C)c(Br)c1. The van der Waals surface area contributed by atoms with Crippen LogP contribution in [0.5, 0.6) is 0 Å². The van der Waals surface area contributed by atoms with Gasteiger partial charge in [-0.2, -0.15) is 0 Å². The van der Waals surface area contributed by atoms with Crippen molar-refractivity contribution in [2.75, 3.05) is 0 Å². The smallest absolute Gasteiger partial charge is 0.0442 e. The highest BCUT2D eigenvalue weighted by Crippen LogP contribution is 2.51. The van der Waals surface area contributed by atoms with E-state index in [0.717, 1.165) is 6.42 Å². The molecule has 0 radical (unpaired) electrons. The molecule has 14 heavy (non-hydrogen) atoms. The van der Waals surface area contributed by atoms with Gasteiger partial charge in [0.15, 0.2) is 0 Å². The molecule has 0 bridgehead atoms. The van der Waals surface area contributed by atoms with Crippen LogP contribution < -0.4 is 5.73 Å². The van der Waals surface area contributed by atoms with Gasteiger partial charge in [-0.1, -0.05) is 41.4 Å². The van der Waals surface area contributed by atoms with Crippen molar-refractivity contribution in [1.29, 1.82) is 0 Å². The summed E-state index contributed by atoms with van der Waals surface area (Å²) in [6.07, 6.45) is 2.32. The first kappa shape index (κ1) is 10.2. The Bertz CT molecular complexity index is 361. The van der Waals surface area contributed by atoms with Crippen LogP contribution in [0.4, 0.5) is 0 Å². The summed E-state index contributed by atoms with van der Waals surface area (Å²) >= 11 is 3.55. The first-order valence-corrected chi connectivity index (χ1v) is 5.92. The van der Waals surface area contributed by atoms with Gasteiger partial charge < -0.3 is 5.73 Å². The van der Waals surface area contributed by atoms with Crippen molar-refractivity contribution in [3.8, 4) is 0 Å². The molecule has 1 nitrogen and oxygen atoms in total. The average Bonchev–Trinajstić information content (AvgIpc) is 2.83. The Labute approximate surface area is 93.8 Å². The molecule has 1 aliphatic rings. The fourth-order valence-electron chi connectivity index (χ4n) is 2.09. The largest absolute Gasteiger partial charge is 0.321 e. The summed E-state index contributed by atoms with van der Waals surface area (Å²) in [6, 6.07) is 6.47. The molecule has 1 fully saturated rings. The molecule has 1 saturated carbocycles. The number of nitrogens with two attached hydrogens (primary N) is 1. The zero-order chi connectivity index (χ0) is 10.3. The van der Waals surface area contributed by atoms with Crippen molar-refractivity contribution in [3.05, 3.63) is 33.8 Å². The van der Waals surface area contributed by atoms with Crippen LogP contribution in [-0.2, 0) is 5.54 Å². The third-order valence-electron chi connectivity index (χ3n) is 3.35. The summed E-state index contributed by atoms with van der Waals surface area (Å²) < 4.78 is 1.17. The molecule has 0 saturated heterocycles. The minimum absolute atomic E-state index is 0.0367. The second-order valence-electron chi connectivity index (χ2n) is 4.31. The maximum Gasteiger partial charge on any atom is 0.0442 e. The van der Waals surface area contributed by atoms with Crippen molar-refractivity contribution in [2.45, 2.75) is 32.2 Å². The predicted octanol–water partition coefficient (Wildman–Crippen LogP) is 3.34. The first-order chi connectivity index (χ1) is 6.58. The third kappa shape index (κ3) is 1.51. The lowest BCUT2D eigenvalue weighted by Crippen LogP contribution is -2.22. The molecule has 2 atom stereocenters. The fraction of sp³-hybridized carbons (Fsp3) is 0.500. The van der Waals surface area contributed by atoms with Gasteiger partial charge in [0, 0.05) is 10.0 Å². The predicted molar refractivity (Wildman–Crippen MR) is 63.1 cm³/mol. The Balaban J connectivity index is 2.31. The lowest BCUT2D eigenvalue weighted by Gasteiger charge is -2.12. The van der Waals surface area contributed by atoms with E-state index in [1.54, 1.807) is 0 Å². The van der Waals surface area contributed by atoms with Gasteiger partial charge in [0.25, 0.3) is 0 Å². The molecular weight excluding hydrogens is 238 g/mol. The number of hydrogen-bond acceptors (Lipinski definition) is 1. The van der Waals surface area contributed by atoms with Crippen molar-refractivity contribution in [1.82, 2.24) is 0 Å². The quantitative estimate of drug-likeness (QED) is 0.860. The summed E-state index contributed by atoms with van der Waals surface area (Å²) in [6.45, 7) is 4.31. The maximum atomic E-state index is 6.32. The number of benzene rings is 1. The van der Waals surface area contributed by atoms with E-state index < -0.39 is 0 Å². The number of hydrogen-bond donors (Lipinski definition) is 1. The minimum Gasteiger partial charge on any atom is -0.321 e. The molecule has 2 unspecified atom stereocenters. The van der Waals surface area contributed by atoms with Gasteiger partial charge in [0.2, 0.25) is 0 Å². The van der Waals surface area contributed by atoms with E-state index in [0.29, 0.717) is 5.92 Å². The van der Waals surface area contributed by atoms with Crippen LogP contribution in [-0.4, -0.2) is 0 Å². The van der Waals surface area contributed by atoms with Crippen LogP contribution in [0, 0.1) is 12.8 Å². The normalized spacial score (nSPS) is 30.4. The second kappa shape index (κ2) is 3.35. The second-order valence-corrected chi connectivity index (χ2v) is 5.17. The van der Waals surface area contributed by atoms with Gasteiger partial charge in [-0.15, -0.1) is 0 Å². The molecule has 1 aromatic rings. The molecule has 0 amide bonds. The highest BCUT2D eigenvalue weighted by Gasteiger charge is 2.50. The van der Waals surface area contributed by atoms with Gasteiger partial charge in [-0.05, 0) is 36.5 Å². The van der Waals surface area contributed by atoms with Crippen molar-refractivity contribution in [3.63, 3.8) is 0 Å². The van der Waals surface area contributed by atoms with Crippen molar-refractivity contribution in [2.24, 2.45) is 11.7 Å². The lowest BCUT2D eigenvalue weighted by molar-refractivity contribution is 0.615. The molecule has 0 aromatic heterocycles. The van der Waals surface area contributed by atoms with Gasteiger partial charge >= 0.3 is 0 Å². The van der Waals surface area contributed by atoms with Crippen LogP contribution in [0.3, 0.4) is 0 Å². The van der Waals surface area contributed by atoms with Crippen molar-refractivity contribution >= 4 is 15.9 Å². The molecule has 2 N–H and O–H groups in total. The molecule has 1 aromatic carbocycles. The number of halogens is 1. The zero-order valence-electron chi connectivity index (χ0n) is 8.68. The number of rotatable bonds is 2. The van der Waals surface area contributed by atoms with Gasteiger partial charge in [0.05, 0.1) is 0 Å². The van der Waals surface area contributed by atoms with E-state index in [9.17, 15) is 0 Å². The van der Waals surface area contributed by atoms with E-state index in [-0.39, 0.29) is 5.54 Å². The maximum absolute atomic E-state index is 6.32. The molecule has 2 heteroatoms. The van der Waals surface area contributed by atoms with Crippen LogP contribution in [0.2, 0.25) is 0 Å². The lowest BCUT2D eigenvalue weighted by atomic mass is 10.0. The fourth-order valence-corrected chi connectivity index (χ4v) is 2.47. The first-order valence-electron chi connectivity index (χ1n) is 5.13. The van der Waals surface area contributed by atoms with Crippen LogP contribution in [0.15, 0.2) is 22.7 Å². The Kier molecular flexibility index (Phi) is 2.44. The highest BCUT2D eigenvalue weighted by atomic mass is 79.9. The molecule has 0 spiro atoms. The Hall–Kier alpha value is -0.340. The van der Waals surface area contributed by atoms with E-state index in [4.69, 9.17) is 5.73 Å². The van der Waals surface area contributed by atoms with Gasteiger partial charge in [0.1, 0.15) is 0 Å². The summed E-state index contributed by atoms with van der Waals surface area (Å²) in [7, 11) is 0. The zero-order valence-corrected chi connectivity index (χ0v) is 10.3. The van der Waals surface area contributed by atoms with Gasteiger partial charge in [-0.25, -0.2) is 0 Å². The molecule has 1 aliphatic carbocycles. The summed E-state index contributed by atoms with van der Waals surface area (Å²) in [4.78, 5) is 0. The van der Waals surface area contributed by atoms with Crippen molar-refractivity contribution < 1.29 is 0 Å². The average molecular weight is 254 g/mol. The van der Waals surface area contributed by atoms with Crippen LogP contribution >= 0.6 is 15.9 Å². The summed E-state index contributed by atoms with van der Waals surface area (Å²) in [5.41, 5.74) is 8.83. The van der Waals surface area contributed by atoms with Crippen LogP contribution in [0.25, 0.3) is 0 Å². The number of aryl methyl sites for hydroxylation is 1. The molecule has 2 rings (SSSR count). The molecular formula is C12H16BrN. The summed E-state index contributed by atoms with van der Waals surface area (Å²) in [5, 5.41) is 0.